The van der Waals surface area contributed by atoms with Crippen molar-refractivity contribution >= 4 is 17.7 Å². The van der Waals surface area contributed by atoms with Gasteiger partial charge in [0.15, 0.2) is 0 Å². The smallest absolute Gasteiger partial charge is 0.387 e. The van der Waals surface area contributed by atoms with Gasteiger partial charge in [-0.1, -0.05) is 25.0 Å². The summed E-state index contributed by atoms with van der Waals surface area (Å²) in [6.07, 6.45) is 4.09. The average Bonchev–Trinajstić information content (AvgIpc) is 2.92. The number of carbonyl (C=O) groups excluding carboxylic acids is 3. The van der Waals surface area contributed by atoms with E-state index >= 15 is 0 Å². The van der Waals surface area contributed by atoms with Gasteiger partial charge in [0.2, 0.25) is 17.7 Å². The molecule has 1 aromatic carbocycles. The van der Waals surface area contributed by atoms with E-state index < -0.39 is 6.61 Å². The van der Waals surface area contributed by atoms with E-state index in [4.69, 9.17) is 0 Å². The second kappa shape index (κ2) is 9.12. The minimum atomic E-state index is -2.86. The predicted octanol–water partition coefficient (Wildman–Crippen LogP) is 2.51. The first kappa shape index (κ1) is 20.2. The largest absolute Gasteiger partial charge is 0.435 e. The lowest BCUT2D eigenvalue weighted by molar-refractivity contribution is -0.140. The van der Waals surface area contributed by atoms with Crippen molar-refractivity contribution in [3.8, 4) is 5.75 Å². The van der Waals surface area contributed by atoms with E-state index in [1.807, 2.05) is 0 Å². The van der Waals surface area contributed by atoms with Gasteiger partial charge in [-0.3, -0.25) is 19.3 Å². The van der Waals surface area contributed by atoms with Gasteiger partial charge < -0.3 is 10.1 Å². The van der Waals surface area contributed by atoms with Crippen LogP contribution in [0.2, 0.25) is 0 Å². The van der Waals surface area contributed by atoms with E-state index in [1.54, 1.807) is 12.1 Å². The molecule has 152 valence electrons. The number of rotatable bonds is 8. The summed E-state index contributed by atoms with van der Waals surface area (Å²) in [6.45, 7) is -2.36. The molecular weight excluding hydrogens is 370 g/mol. The van der Waals surface area contributed by atoms with Crippen LogP contribution in [0.5, 0.6) is 5.75 Å². The van der Waals surface area contributed by atoms with Crippen LogP contribution in [0.25, 0.3) is 0 Å². The number of fused-ring (bicyclic) bond motifs is 1. The molecule has 1 N–H and O–H groups in total. The molecule has 1 heterocycles. The van der Waals surface area contributed by atoms with Gasteiger partial charge in [0.25, 0.3) is 0 Å². The quantitative estimate of drug-likeness (QED) is 0.688. The molecule has 1 saturated carbocycles. The summed E-state index contributed by atoms with van der Waals surface area (Å²) >= 11 is 0. The summed E-state index contributed by atoms with van der Waals surface area (Å²) in [7, 11) is 0. The summed E-state index contributed by atoms with van der Waals surface area (Å²) in [4.78, 5) is 38.0. The van der Waals surface area contributed by atoms with Gasteiger partial charge in [-0.25, -0.2) is 0 Å². The van der Waals surface area contributed by atoms with Crippen molar-refractivity contribution in [2.45, 2.75) is 45.1 Å². The molecule has 6 nitrogen and oxygen atoms in total. The zero-order valence-electron chi connectivity index (χ0n) is 15.5. The fourth-order valence-corrected chi connectivity index (χ4v) is 3.94. The van der Waals surface area contributed by atoms with E-state index in [1.165, 1.54) is 17.0 Å². The molecule has 2 atom stereocenters. The number of nitrogens with zero attached hydrogens (tertiary/aromatic N) is 1. The Balaban J connectivity index is 1.39. The Morgan fingerprint density at radius 3 is 2.29 bits per heavy atom. The molecule has 1 aliphatic heterocycles. The van der Waals surface area contributed by atoms with Crippen LogP contribution in [-0.4, -0.2) is 42.3 Å². The SMILES string of the molecule is O=C(CCN1C(=O)[C@H]2CCCC[C@H]2C1=O)NCCc1ccc(OC(F)F)cc1. The maximum absolute atomic E-state index is 12.4. The first-order chi connectivity index (χ1) is 13.5. The van der Waals surface area contributed by atoms with Gasteiger partial charge in [-0.15, -0.1) is 0 Å². The number of alkyl halides is 2. The Hall–Kier alpha value is -2.51. The van der Waals surface area contributed by atoms with Crippen molar-refractivity contribution in [1.29, 1.82) is 0 Å². The van der Waals surface area contributed by atoms with Crippen molar-refractivity contribution in [3.05, 3.63) is 29.8 Å². The monoisotopic (exact) mass is 394 g/mol. The van der Waals surface area contributed by atoms with E-state index in [0.29, 0.717) is 13.0 Å². The third kappa shape index (κ3) is 4.85. The number of ether oxygens (including phenoxy) is 1. The minimum Gasteiger partial charge on any atom is -0.435 e. The van der Waals surface area contributed by atoms with Crippen LogP contribution in [0, 0.1) is 11.8 Å². The lowest BCUT2D eigenvalue weighted by Gasteiger charge is -2.19. The maximum atomic E-state index is 12.4. The second-order valence-corrected chi connectivity index (χ2v) is 7.20. The van der Waals surface area contributed by atoms with Crippen molar-refractivity contribution in [2.75, 3.05) is 13.1 Å². The number of hydrogen-bond donors (Lipinski definition) is 1. The highest BCUT2D eigenvalue weighted by atomic mass is 19.3. The molecule has 0 bridgehead atoms. The highest BCUT2D eigenvalue weighted by molar-refractivity contribution is 6.05. The van der Waals surface area contributed by atoms with Crippen LogP contribution in [0.3, 0.4) is 0 Å². The van der Waals surface area contributed by atoms with Gasteiger partial charge in [0.05, 0.1) is 11.8 Å². The molecule has 0 aromatic heterocycles. The lowest BCUT2D eigenvalue weighted by Crippen LogP contribution is -2.35. The second-order valence-electron chi connectivity index (χ2n) is 7.20. The summed E-state index contributed by atoms with van der Waals surface area (Å²) in [6, 6.07) is 6.22. The van der Waals surface area contributed by atoms with Gasteiger partial charge >= 0.3 is 6.61 Å². The summed E-state index contributed by atoms with van der Waals surface area (Å²) in [5.41, 5.74) is 0.871. The Labute approximate surface area is 162 Å². The van der Waals surface area contributed by atoms with Crippen molar-refractivity contribution < 1.29 is 27.9 Å². The number of carbonyl (C=O) groups is 3. The third-order valence-corrected chi connectivity index (χ3v) is 5.38. The van der Waals surface area contributed by atoms with Gasteiger partial charge in [-0.2, -0.15) is 8.78 Å². The molecule has 2 aliphatic rings. The molecule has 3 amide bonds. The Bertz CT molecular complexity index is 699. The molecule has 1 aliphatic carbocycles. The van der Waals surface area contributed by atoms with Gasteiger partial charge in [0, 0.05) is 19.5 Å². The fourth-order valence-electron chi connectivity index (χ4n) is 3.94. The Morgan fingerprint density at radius 2 is 1.71 bits per heavy atom. The van der Waals surface area contributed by atoms with Crippen LogP contribution in [0.1, 0.15) is 37.7 Å². The minimum absolute atomic E-state index is 0.0814. The molecule has 3 rings (SSSR count). The standard InChI is InChI=1S/C20H24F2N2O4/c21-20(22)28-14-7-5-13(6-8-14)9-11-23-17(25)10-12-24-18(26)15-3-1-2-4-16(15)19(24)27/h5-8,15-16,20H,1-4,9-12H2,(H,23,25)/t15-,16+. The number of likely N-dealkylation sites (tertiary alicyclic amines) is 1. The first-order valence-electron chi connectivity index (χ1n) is 9.61. The molecule has 28 heavy (non-hydrogen) atoms. The lowest BCUT2D eigenvalue weighted by atomic mass is 9.81. The van der Waals surface area contributed by atoms with Crippen LogP contribution in [0.4, 0.5) is 8.78 Å². The number of hydrogen-bond acceptors (Lipinski definition) is 4. The summed E-state index contributed by atoms with van der Waals surface area (Å²) < 4.78 is 28.5. The molecule has 0 unspecified atom stereocenters. The topological polar surface area (TPSA) is 75.7 Å². The molecule has 8 heteroatoms. The predicted molar refractivity (Wildman–Crippen MR) is 96.6 cm³/mol. The van der Waals surface area contributed by atoms with Crippen molar-refractivity contribution in [3.63, 3.8) is 0 Å². The van der Waals surface area contributed by atoms with Crippen LogP contribution in [0.15, 0.2) is 24.3 Å². The molecule has 1 aromatic rings. The normalized spacial score (nSPS) is 21.8. The van der Waals surface area contributed by atoms with Crippen LogP contribution in [-0.2, 0) is 20.8 Å². The zero-order valence-corrected chi connectivity index (χ0v) is 15.5. The number of amides is 3. The van der Waals surface area contributed by atoms with Gasteiger partial charge in [-0.05, 0) is 37.0 Å². The highest BCUT2D eigenvalue weighted by Gasteiger charge is 2.47. The fraction of sp³-hybridized carbons (Fsp3) is 0.550. The molecule has 0 radical (unpaired) electrons. The van der Waals surface area contributed by atoms with E-state index in [2.05, 4.69) is 10.1 Å². The van der Waals surface area contributed by atoms with Crippen LogP contribution < -0.4 is 10.1 Å². The van der Waals surface area contributed by atoms with Crippen molar-refractivity contribution in [2.24, 2.45) is 11.8 Å². The Morgan fingerprint density at radius 1 is 1.11 bits per heavy atom. The molecule has 0 spiro atoms. The van der Waals surface area contributed by atoms with Crippen molar-refractivity contribution in [1.82, 2.24) is 10.2 Å². The molecular formula is C20H24F2N2O4. The van der Waals surface area contributed by atoms with E-state index in [-0.39, 0.29) is 48.3 Å². The van der Waals surface area contributed by atoms with E-state index in [0.717, 1.165) is 31.2 Å². The molecule has 2 fully saturated rings. The first-order valence-corrected chi connectivity index (χ1v) is 9.61. The van der Waals surface area contributed by atoms with E-state index in [9.17, 15) is 23.2 Å². The maximum Gasteiger partial charge on any atom is 0.387 e. The molecule has 1 saturated heterocycles. The number of imide groups is 1. The zero-order chi connectivity index (χ0) is 20.1. The number of halogens is 2. The van der Waals surface area contributed by atoms with Crippen LogP contribution >= 0.6 is 0 Å². The average molecular weight is 394 g/mol. The number of nitrogens with one attached hydrogen (secondary N) is 1. The summed E-state index contributed by atoms with van der Waals surface area (Å²) in [5.74, 6) is -0.790. The Kier molecular flexibility index (Phi) is 6.59. The highest BCUT2D eigenvalue weighted by Crippen LogP contribution is 2.37. The summed E-state index contributed by atoms with van der Waals surface area (Å²) in [5, 5.41) is 2.75. The van der Waals surface area contributed by atoms with Gasteiger partial charge in [0.1, 0.15) is 5.75 Å². The number of benzene rings is 1. The third-order valence-electron chi connectivity index (χ3n) is 5.38.